The standard InChI is InChI=1S/C11H20N2O3/c1-3-5-8(11(15)16)6-7-13-9(4-2)10(12)14/h3,8-9,13H,1,4-7H2,2H3,(H2,12,14)(H,15,16). The second-order valence-corrected chi connectivity index (χ2v) is 3.67. The maximum atomic E-state index is 10.9. The van der Waals surface area contributed by atoms with Crippen LogP contribution in [0.5, 0.6) is 0 Å². The minimum atomic E-state index is -0.839. The Hall–Kier alpha value is -1.36. The number of hydrogen-bond acceptors (Lipinski definition) is 3. The van der Waals surface area contributed by atoms with Crippen LogP contribution < -0.4 is 11.1 Å². The maximum absolute atomic E-state index is 10.9. The van der Waals surface area contributed by atoms with Crippen molar-refractivity contribution in [2.45, 2.75) is 32.2 Å². The molecule has 0 rings (SSSR count). The van der Waals surface area contributed by atoms with Gasteiger partial charge in [0.25, 0.3) is 0 Å². The molecule has 2 atom stereocenters. The summed E-state index contributed by atoms with van der Waals surface area (Å²) in [6, 6.07) is -0.377. The number of aliphatic carboxylic acids is 1. The van der Waals surface area contributed by atoms with Gasteiger partial charge >= 0.3 is 5.97 Å². The van der Waals surface area contributed by atoms with Crippen molar-refractivity contribution in [3.05, 3.63) is 12.7 Å². The van der Waals surface area contributed by atoms with E-state index in [0.29, 0.717) is 25.8 Å². The number of primary amides is 1. The lowest BCUT2D eigenvalue weighted by Crippen LogP contribution is -2.41. The van der Waals surface area contributed by atoms with Crippen LogP contribution in [0, 0.1) is 5.92 Å². The quantitative estimate of drug-likeness (QED) is 0.501. The molecule has 0 saturated carbocycles. The van der Waals surface area contributed by atoms with Gasteiger partial charge in [0.15, 0.2) is 0 Å². The predicted molar refractivity (Wildman–Crippen MR) is 61.8 cm³/mol. The maximum Gasteiger partial charge on any atom is 0.306 e. The molecule has 0 aliphatic heterocycles. The molecule has 0 radical (unpaired) electrons. The first-order chi connectivity index (χ1) is 7.52. The van der Waals surface area contributed by atoms with E-state index in [9.17, 15) is 9.59 Å². The summed E-state index contributed by atoms with van der Waals surface area (Å²) >= 11 is 0. The monoisotopic (exact) mass is 228 g/mol. The highest BCUT2D eigenvalue weighted by molar-refractivity contribution is 5.79. The molecule has 4 N–H and O–H groups in total. The van der Waals surface area contributed by atoms with Gasteiger partial charge in [-0.15, -0.1) is 6.58 Å². The van der Waals surface area contributed by atoms with Crippen LogP contribution in [0.3, 0.4) is 0 Å². The fourth-order valence-corrected chi connectivity index (χ4v) is 1.42. The Morgan fingerprint density at radius 3 is 2.56 bits per heavy atom. The van der Waals surface area contributed by atoms with Gasteiger partial charge in [0.2, 0.25) is 5.91 Å². The highest BCUT2D eigenvalue weighted by atomic mass is 16.4. The average molecular weight is 228 g/mol. The second-order valence-electron chi connectivity index (χ2n) is 3.67. The third-order valence-electron chi connectivity index (χ3n) is 2.44. The van der Waals surface area contributed by atoms with Crippen molar-refractivity contribution in [3.63, 3.8) is 0 Å². The largest absolute Gasteiger partial charge is 0.481 e. The molecule has 0 bridgehead atoms. The summed E-state index contributed by atoms with van der Waals surface area (Å²) in [5.74, 6) is -1.69. The SMILES string of the molecule is C=CCC(CCNC(CC)C(N)=O)C(=O)O. The number of amides is 1. The lowest BCUT2D eigenvalue weighted by atomic mass is 10.0. The first-order valence-electron chi connectivity index (χ1n) is 5.39. The molecular weight excluding hydrogens is 208 g/mol. The number of hydrogen-bond donors (Lipinski definition) is 3. The van der Waals surface area contributed by atoms with Crippen LogP contribution in [0.25, 0.3) is 0 Å². The van der Waals surface area contributed by atoms with Crippen LogP contribution >= 0.6 is 0 Å². The molecule has 2 unspecified atom stereocenters. The fraction of sp³-hybridized carbons (Fsp3) is 0.636. The molecule has 5 heteroatoms. The van der Waals surface area contributed by atoms with E-state index in [2.05, 4.69) is 11.9 Å². The number of carboxylic acids is 1. The molecule has 0 aromatic carbocycles. The van der Waals surface area contributed by atoms with E-state index in [1.165, 1.54) is 0 Å². The molecule has 0 aromatic heterocycles. The topological polar surface area (TPSA) is 92.4 Å². The molecule has 0 fully saturated rings. The van der Waals surface area contributed by atoms with Crippen molar-refractivity contribution >= 4 is 11.9 Å². The summed E-state index contributed by atoms with van der Waals surface area (Å²) in [6.45, 7) is 5.83. The van der Waals surface area contributed by atoms with E-state index < -0.39 is 17.8 Å². The van der Waals surface area contributed by atoms with Gasteiger partial charge in [-0.3, -0.25) is 9.59 Å². The number of allylic oxidation sites excluding steroid dienone is 1. The van der Waals surface area contributed by atoms with Crippen LogP contribution in [-0.2, 0) is 9.59 Å². The minimum absolute atomic E-state index is 0.377. The third kappa shape index (κ3) is 5.50. The van der Waals surface area contributed by atoms with Gasteiger partial charge < -0.3 is 16.2 Å². The van der Waals surface area contributed by atoms with E-state index in [1.54, 1.807) is 6.08 Å². The van der Waals surface area contributed by atoms with Crippen LogP contribution in [0.15, 0.2) is 12.7 Å². The smallest absolute Gasteiger partial charge is 0.306 e. The Balaban J connectivity index is 3.97. The summed E-state index contributed by atoms with van der Waals surface area (Å²) in [6.07, 6.45) is 3.09. The average Bonchev–Trinajstić information content (AvgIpc) is 2.21. The Morgan fingerprint density at radius 1 is 1.56 bits per heavy atom. The lowest BCUT2D eigenvalue weighted by molar-refractivity contribution is -0.141. The number of carbonyl (C=O) groups is 2. The Bertz CT molecular complexity index is 254. The van der Waals surface area contributed by atoms with Crippen LogP contribution in [0.2, 0.25) is 0 Å². The molecule has 0 saturated heterocycles. The second kappa shape index (κ2) is 7.87. The summed E-state index contributed by atoms with van der Waals surface area (Å²) in [5, 5.41) is 11.8. The normalized spacial score (nSPS) is 14.1. The van der Waals surface area contributed by atoms with E-state index in [0.717, 1.165) is 0 Å². The number of nitrogens with one attached hydrogen (secondary N) is 1. The first kappa shape index (κ1) is 14.6. The highest BCUT2D eigenvalue weighted by Gasteiger charge is 2.17. The Kier molecular flexibility index (Phi) is 7.20. The van der Waals surface area contributed by atoms with E-state index >= 15 is 0 Å². The summed E-state index contributed by atoms with van der Waals surface area (Å²) in [7, 11) is 0. The zero-order chi connectivity index (χ0) is 12.6. The van der Waals surface area contributed by atoms with Gasteiger partial charge in [0.05, 0.1) is 12.0 Å². The molecule has 0 heterocycles. The molecule has 1 amide bonds. The van der Waals surface area contributed by atoms with Crippen molar-refractivity contribution in [2.75, 3.05) is 6.54 Å². The number of rotatable bonds is 9. The first-order valence-corrected chi connectivity index (χ1v) is 5.39. The minimum Gasteiger partial charge on any atom is -0.481 e. The Labute approximate surface area is 95.7 Å². The van der Waals surface area contributed by atoms with Crippen LogP contribution in [-0.4, -0.2) is 29.6 Å². The van der Waals surface area contributed by atoms with Crippen molar-refractivity contribution in [2.24, 2.45) is 11.7 Å². The van der Waals surface area contributed by atoms with Gasteiger partial charge in [-0.1, -0.05) is 13.0 Å². The van der Waals surface area contributed by atoms with Crippen molar-refractivity contribution in [3.8, 4) is 0 Å². The molecule has 16 heavy (non-hydrogen) atoms. The van der Waals surface area contributed by atoms with Gasteiger partial charge in [-0.25, -0.2) is 0 Å². The zero-order valence-electron chi connectivity index (χ0n) is 9.61. The van der Waals surface area contributed by atoms with E-state index in [-0.39, 0.29) is 6.04 Å². The zero-order valence-corrected chi connectivity index (χ0v) is 9.61. The van der Waals surface area contributed by atoms with Gasteiger partial charge in [0, 0.05) is 0 Å². The van der Waals surface area contributed by atoms with Crippen molar-refractivity contribution in [1.29, 1.82) is 0 Å². The van der Waals surface area contributed by atoms with Crippen molar-refractivity contribution < 1.29 is 14.7 Å². The van der Waals surface area contributed by atoms with Crippen LogP contribution in [0.1, 0.15) is 26.2 Å². The van der Waals surface area contributed by atoms with E-state index in [4.69, 9.17) is 10.8 Å². The molecule has 92 valence electrons. The molecule has 5 nitrogen and oxygen atoms in total. The Morgan fingerprint density at radius 2 is 2.19 bits per heavy atom. The van der Waals surface area contributed by atoms with Crippen molar-refractivity contribution in [1.82, 2.24) is 5.32 Å². The van der Waals surface area contributed by atoms with Gasteiger partial charge in [0.1, 0.15) is 0 Å². The molecule has 0 aliphatic rings. The van der Waals surface area contributed by atoms with Crippen LogP contribution in [0.4, 0.5) is 0 Å². The number of carbonyl (C=O) groups excluding carboxylic acids is 1. The lowest BCUT2D eigenvalue weighted by Gasteiger charge is -2.15. The number of carboxylic acid groups (broad SMARTS) is 1. The van der Waals surface area contributed by atoms with Gasteiger partial charge in [-0.05, 0) is 25.8 Å². The predicted octanol–water partition coefficient (Wildman–Crippen LogP) is 0.507. The number of nitrogens with two attached hydrogens (primary N) is 1. The molecule has 0 aromatic rings. The summed E-state index contributed by atoms with van der Waals surface area (Å²) in [5.41, 5.74) is 5.15. The molecule has 0 aliphatic carbocycles. The highest BCUT2D eigenvalue weighted by Crippen LogP contribution is 2.08. The fourth-order valence-electron chi connectivity index (χ4n) is 1.42. The van der Waals surface area contributed by atoms with E-state index in [1.807, 2.05) is 6.92 Å². The summed E-state index contributed by atoms with van der Waals surface area (Å²) < 4.78 is 0. The van der Waals surface area contributed by atoms with Gasteiger partial charge in [-0.2, -0.15) is 0 Å². The molecule has 0 spiro atoms. The molecular formula is C11H20N2O3. The third-order valence-corrected chi connectivity index (χ3v) is 2.44. The summed E-state index contributed by atoms with van der Waals surface area (Å²) in [4.78, 5) is 21.7.